The fourth-order valence-electron chi connectivity index (χ4n) is 3.36. The van der Waals surface area contributed by atoms with E-state index in [-0.39, 0.29) is 18.2 Å². The van der Waals surface area contributed by atoms with E-state index in [1.54, 1.807) is 18.2 Å². The van der Waals surface area contributed by atoms with Crippen LogP contribution in [0.15, 0.2) is 30.3 Å². The van der Waals surface area contributed by atoms with Gasteiger partial charge in [-0.2, -0.15) is 8.78 Å². The van der Waals surface area contributed by atoms with Crippen molar-refractivity contribution in [3.05, 3.63) is 35.9 Å². The molecule has 2 fully saturated rings. The summed E-state index contributed by atoms with van der Waals surface area (Å²) in [5.41, 5.74) is 0.101. The Hall–Kier alpha value is -1.00. The van der Waals surface area contributed by atoms with E-state index in [1.807, 2.05) is 0 Å². The molecule has 2 nitrogen and oxygen atoms in total. The number of rotatable bonds is 4. The maximum absolute atomic E-state index is 14.1. The molecule has 2 aliphatic heterocycles. The lowest BCUT2D eigenvalue weighted by Crippen LogP contribution is -2.43. The molecule has 1 aromatic carbocycles. The zero-order valence-electron chi connectivity index (χ0n) is 11.0. The first-order valence-corrected chi connectivity index (χ1v) is 7.07. The van der Waals surface area contributed by atoms with Crippen molar-refractivity contribution in [1.29, 1.82) is 0 Å². The van der Waals surface area contributed by atoms with Crippen LogP contribution in [-0.2, 0) is 5.92 Å². The first kappa shape index (κ1) is 13.0. The molecule has 0 saturated carbocycles. The van der Waals surface area contributed by atoms with E-state index >= 15 is 0 Å². The van der Waals surface area contributed by atoms with Crippen LogP contribution in [0, 0.1) is 0 Å². The predicted molar refractivity (Wildman–Crippen MR) is 71.3 cm³/mol. The van der Waals surface area contributed by atoms with Crippen molar-refractivity contribution >= 4 is 0 Å². The Kier molecular flexibility index (Phi) is 3.54. The monoisotopic (exact) mass is 266 g/mol. The van der Waals surface area contributed by atoms with E-state index < -0.39 is 5.92 Å². The van der Waals surface area contributed by atoms with E-state index in [0.29, 0.717) is 6.04 Å². The van der Waals surface area contributed by atoms with E-state index in [4.69, 9.17) is 0 Å². The third-order valence-electron chi connectivity index (χ3n) is 4.39. The summed E-state index contributed by atoms with van der Waals surface area (Å²) in [6.45, 7) is 1.93. The largest absolute Gasteiger partial charge is 0.306 e. The number of hydrogen-bond donors (Lipinski definition) is 1. The van der Waals surface area contributed by atoms with Crippen molar-refractivity contribution in [3.8, 4) is 0 Å². The molecule has 2 unspecified atom stereocenters. The van der Waals surface area contributed by atoms with Gasteiger partial charge in [-0.25, -0.2) is 0 Å². The molecule has 2 heterocycles. The Balaban J connectivity index is 1.60. The molecule has 0 aromatic heterocycles. The molecule has 2 aliphatic rings. The molecule has 4 heteroatoms. The molecule has 0 aliphatic carbocycles. The van der Waals surface area contributed by atoms with Crippen LogP contribution in [0.4, 0.5) is 8.78 Å². The van der Waals surface area contributed by atoms with Crippen molar-refractivity contribution in [2.24, 2.45) is 0 Å². The topological polar surface area (TPSA) is 15.3 Å². The molecule has 3 rings (SSSR count). The van der Waals surface area contributed by atoms with Crippen LogP contribution in [0.1, 0.15) is 24.8 Å². The van der Waals surface area contributed by atoms with Crippen LogP contribution in [0.25, 0.3) is 0 Å². The lowest BCUT2D eigenvalue weighted by atomic mass is 10.0. The lowest BCUT2D eigenvalue weighted by Gasteiger charge is -2.24. The molecule has 1 N–H and O–H groups in total. The van der Waals surface area contributed by atoms with E-state index in [0.717, 1.165) is 25.9 Å². The summed E-state index contributed by atoms with van der Waals surface area (Å²) >= 11 is 0. The van der Waals surface area contributed by atoms with E-state index in [2.05, 4.69) is 10.2 Å². The summed E-state index contributed by atoms with van der Waals surface area (Å²) in [5.74, 6) is -2.78. The van der Waals surface area contributed by atoms with Crippen LogP contribution in [-0.4, -0.2) is 36.6 Å². The van der Waals surface area contributed by atoms with Crippen LogP contribution < -0.4 is 5.32 Å². The van der Waals surface area contributed by atoms with Gasteiger partial charge < -0.3 is 5.32 Å². The standard InChI is InChI=1S/C15H20F2N2/c16-15(17,12-5-2-1-3-6-12)11-18-13-8-10-19-9-4-7-14(13)19/h1-3,5-6,13-14,18H,4,7-11H2. The van der Waals surface area contributed by atoms with Crippen LogP contribution in [0.3, 0.4) is 0 Å². The predicted octanol–water partition coefficient (Wildman–Crippen LogP) is 2.60. The van der Waals surface area contributed by atoms with Crippen molar-refractivity contribution in [3.63, 3.8) is 0 Å². The molecule has 2 saturated heterocycles. The maximum atomic E-state index is 14.1. The molecule has 0 radical (unpaired) electrons. The molecule has 2 atom stereocenters. The highest BCUT2D eigenvalue weighted by molar-refractivity contribution is 5.20. The fourth-order valence-corrected chi connectivity index (χ4v) is 3.36. The maximum Gasteiger partial charge on any atom is 0.285 e. The zero-order chi connectivity index (χ0) is 13.3. The molecule has 1 aromatic rings. The minimum absolute atomic E-state index is 0.101. The van der Waals surface area contributed by atoms with Gasteiger partial charge >= 0.3 is 0 Å². The Morgan fingerprint density at radius 1 is 1.16 bits per heavy atom. The van der Waals surface area contributed by atoms with Crippen molar-refractivity contribution in [2.75, 3.05) is 19.6 Å². The minimum atomic E-state index is -2.78. The van der Waals surface area contributed by atoms with Gasteiger partial charge in [-0.3, -0.25) is 4.90 Å². The van der Waals surface area contributed by atoms with Gasteiger partial charge in [0.15, 0.2) is 0 Å². The quantitative estimate of drug-likeness (QED) is 0.901. The molecular weight excluding hydrogens is 246 g/mol. The summed E-state index contributed by atoms with van der Waals surface area (Å²) in [6, 6.07) is 8.80. The number of nitrogens with one attached hydrogen (secondary N) is 1. The molecule has 0 spiro atoms. The summed E-state index contributed by atoms with van der Waals surface area (Å²) < 4.78 is 28.2. The third-order valence-corrected chi connectivity index (χ3v) is 4.39. The van der Waals surface area contributed by atoms with Crippen molar-refractivity contribution < 1.29 is 8.78 Å². The van der Waals surface area contributed by atoms with Crippen LogP contribution in [0.5, 0.6) is 0 Å². The normalized spacial score (nSPS) is 27.7. The number of hydrogen-bond acceptors (Lipinski definition) is 2. The first-order valence-electron chi connectivity index (χ1n) is 7.07. The summed E-state index contributed by atoms with van der Waals surface area (Å²) in [5, 5.41) is 3.10. The van der Waals surface area contributed by atoms with Gasteiger partial charge in [-0.15, -0.1) is 0 Å². The summed E-state index contributed by atoms with van der Waals surface area (Å²) in [6.07, 6.45) is 3.35. The Labute approximate surface area is 112 Å². The first-order chi connectivity index (χ1) is 9.17. The fraction of sp³-hybridized carbons (Fsp3) is 0.600. The van der Waals surface area contributed by atoms with Gasteiger partial charge in [0.25, 0.3) is 5.92 Å². The number of fused-ring (bicyclic) bond motifs is 1. The lowest BCUT2D eigenvalue weighted by molar-refractivity contribution is -0.00643. The second kappa shape index (κ2) is 5.17. The summed E-state index contributed by atoms with van der Waals surface area (Å²) in [4.78, 5) is 2.43. The number of nitrogens with zero attached hydrogens (tertiary/aromatic N) is 1. The molecular formula is C15H20F2N2. The minimum Gasteiger partial charge on any atom is -0.306 e. The van der Waals surface area contributed by atoms with Crippen molar-refractivity contribution in [2.45, 2.75) is 37.3 Å². The van der Waals surface area contributed by atoms with E-state index in [9.17, 15) is 8.78 Å². The highest BCUT2D eigenvalue weighted by atomic mass is 19.3. The average molecular weight is 266 g/mol. The second-order valence-corrected chi connectivity index (χ2v) is 5.59. The third kappa shape index (κ3) is 2.65. The highest BCUT2D eigenvalue weighted by Gasteiger charge is 2.39. The van der Waals surface area contributed by atoms with Crippen LogP contribution in [0.2, 0.25) is 0 Å². The van der Waals surface area contributed by atoms with Gasteiger partial charge in [0.2, 0.25) is 0 Å². The summed E-state index contributed by atoms with van der Waals surface area (Å²) in [7, 11) is 0. The Bertz CT molecular complexity index is 421. The van der Waals surface area contributed by atoms with Gasteiger partial charge in [-0.05, 0) is 25.8 Å². The molecule has 19 heavy (non-hydrogen) atoms. The number of halogens is 2. The van der Waals surface area contributed by atoms with Gasteiger partial charge in [-0.1, -0.05) is 30.3 Å². The van der Waals surface area contributed by atoms with Gasteiger partial charge in [0, 0.05) is 24.2 Å². The Morgan fingerprint density at radius 3 is 2.74 bits per heavy atom. The molecule has 0 bridgehead atoms. The Morgan fingerprint density at radius 2 is 1.95 bits per heavy atom. The molecule has 0 amide bonds. The smallest absolute Gasteiger partial charge is 0.285 e. The van der Waals surface area contributed by atoms with Crippen LogP contribution >= 0.6 is 0 Å². The van der Waals surface area contributed by atoms with E-state index in [1.165, 1.54) is 18.6 Å². The SMILES string of the molecule is FC(F)(CNC1CCN2CCCC12)c1ccccc1. The zero-order valence-corrected chi connectivity index (χ0v) is 11.0. The van der Waals surface area contributed by atoms with Crippen molar-refractivity contribution in [1.82, 2.24) is 10.2 Å². The number of benzene rings is 1. The average Bonchev–Trinajstić information content (AvgIpc) is 3.01. The second-order valence-electron chi connectivity index (χ2n) is 5.59. The highest BCUT2D eigenvalue weighted by Crippen LogP contribution is 2.30. The number of alkyl halides is 2. The van der Waals surface area contributed by atoms with Gasteiger partial charge in [0.05, 0.1) is 6.54 Å². The molecule has 104 valence electrons. The van der Waals surface area contributed by atoms with Gasteiger partial charge in [0.1, 0.15) is 0 Å².